The molecule has 3 heterocycles. The van der Waals surface area contributed by atoms with Gasteiger partial charge in [0, 0.05) is 11.8 Å². The number of para-hydroxylation sites is 3. The Morgan fingerprint density at radius 1 is 0.562 bits per heavy atom. The Kier molecular flexibility index (Phi) is 8.20. The standard InChI is InChI=1S/C58H42N4O.Pt/c1-39-33-56(59-37-51(39)41-19-7-3-8-20-41)62-52-28-12-11-26-48(52)49-32-31-46(36-55(49)62)63-45-25-16-24-44(35-45)60-38-61(54-30-14-13-29-53(54)60)58-50(40-17-5-2-6-18-40)34-43-23-15-27-47(43)57(58)42-21-9-4-10-22-42;/h2-14,16-22,24-26,28-37H,15,23,27H2,1H3;/i3D,7D,8D,19D,20D;. The monoisotopic (exact) mass is 1010 g/mol. The Balaban J connectivity index is 0.976. The molecule has 6 heteroatoms. The van der Waals surface area contributed by atoms with Crippen LogP contribution in [0.5, 0.6) is 11.5 Å². The fourth-order valence-electron chi connectivity index (χ4n) is 9.68. The molecule has 0 amide bonds. The van der Waals surface area contributed by atoms with Crippen LogP contribution < -0.4 is 4.74 Å². The molecule has 0 bridgehead atoms. The molecule has 11 aromatic rings. The number of aromatic nitrogens is 4. The van der Waals surface area contributed by atoms with Crippen molar-refractivity contribution in [2.75, 3.05) is 0 Å². The van der Waals surface area contributed by atoms with Gasteiger partial charge in [-0.25, -0.2) is 0 Å². The Morgan fingerprint density at radius 2 is 1.25 bits per heavy atom. The molecule has 1 aliphatic carbocycles. The molecule has 0 saturated heterocycles. The van der Waals surface area contributed by atoms with Gasteiger partial charge >= 0.3 is 312 Å². The first-order valence-corrected chi connectivity index (χ1v) is 22.6. The van der Waals surface area contributed by atoms with E-state index >= 15 is 0 Å². The SMILES string of the molecule is [2H]c1c([2H])c([2H])c(-c2cnc(-n3c4ccccc4c4ccc(Oc5cccc(-n6[c](=[Pt])n(-c7c(-c8ccccc8)cc8c(c7-c7ccccc7)CCC8)c7ccccc76)c5)cc43)cc2C)c([2H])c1[2H]. The number of pyridine rings is 1. The smallest absolute Gasteiger partial charge is 0.0616 e. The molecule has 1 aliphatic rings. The molecular formula is C58H42N4OPt. The molecule has 8 aromatic carbocycles. The summed E-state index contributed by atoms with van der Waals surface area (Å²) in [5, 5.41) is 2.07. The Morgan fingerprint density at radius 3 is 2.03 bits per heavy atom. The van der Waals surface area contributed by atoms with Crippen LogP contribution in [0.4, 0.5) is 0 Å². The van der Waals surface area contributed by atoms with E-state index in [0.717, 1.165) is 67.2 Å². The molecule has 5 nitrogen and oxygen atoms in total. The summed E-state index contributed by atoms with van der Waals surface area (Å²) in [5.74, 6) is 1.96. The van der Waals surface area contributed by atoms with Gasteiger partial charge in [0.05, 0.1) is 6.85 Å². The second-order valence-electron chi connectivity index (χ2n) is 16.3. The Bertz CT molecular complexity index is 3930. The van der Waals surface area contributed by atoms with Gasteiger partial charge in [0.15, 0.2) is 0 Å². The third-order valence-corrected chi connectivity index (χ3v) is 13.5. The van der Waals surface area contributed by atoms with Gasteiger partial charge < -0.3 is 0 Å². The zero-order valence-electron chi connectivity index (χ0n) is 39.8. The van der Waals surface area contributed by atoms with Crippen LogP contribution in [-0.2, 0) is 32.2 Å². The summed E-state index contributed by atoms with van der Waals surface area (Å²) in [6.07, 6.45) is 4.85. The molecular weight excluding hydrogens is 964 g/mol. The average molecular weight is 1010 g/mol. The minimum atomic E-state index is -0.423. The summed E-state index contributed by atoms with van der Waals surface area (Å²) in [7, 11) is 0. The fraction of sp³-hybridized carbons (Fsp3) is 0.0690. The van der Waals surface area contributed by atoms with Gasteiger partial charge in [0.2, 0.25) is 0 Å². The minimum absolute atomic E-state index is 0.132. The van der Waals surface area contributed by atoms with Crippen molar-refractivity contribution >= 4 is 32.8 Å². The van der Waals surface area contributed by atoms with E-state index in [4.69, 9.17) is 16.6 Å². The molecule has 0 radical (unpaired) electrons. The summed E-state index contributed by atoms with van der Waals surface area (Å²) in [5.41, 5.74) is 15.2. The van der Waals surface area contributed by atoms with Crippen LogP contribution in [-0.4, -0.2) is 18.7 Å². The molecule has 0 fully saturated rings. The molecule has 64 heavy (non-hydrogen) atoms. The number of fused-ring (bicyclic) bond motifs is 5. The zero-order valence-corrected chi connectivity index (χ0v) is 37.1. The van der Waals surface area contributed by atoms with Crippen molar-refractivity contribution in [3.8, 4) is 62.1 Å². The number of nitrogens with zero attached hydrogens (tertiary/aromatic N) is 4. The van der Waals surface area contributed by atoms with Crippen LogP contribution in [0.25, 0.3) is 83.4 Å². The second-order valence-corrected chi connectivity index (χ2v) is 17.3. The van der Waals surface area contributed by atoms with Gasteiger partial charge in [-0.15, -0.1) is 0 Å². The van der Waals surface area contributed by atoms with Crippen molar-refractivity contribution in [2.24, 2.45) is 0 Å². The number of ether oxygens (including phenoxy) is 1. The topological polar surface area (TPSA) is 36.9 Å². The van der Waals surface area contributed by atoms with E-state index in [1.165, 1.54) is 39.1 Å². The number of imidazole rings is 1. The van der Waals surface area contributed by atoms with Crippen molar-refractivity contribution in [1.29, 1.82) is 0 Å². The number of benzene rings is 8. The van der Waals surface area contributed by atoms with Crippen LogP contribution in [0.2, 0.25) is 0 Å². The van der Waals surface area contributed by atoms with Crippen molar-refractivity contribution in [3.05, 3.63) is 221 Å². The predicted molar refractivity (Wildman–Crippen MR) is 258 cm³/mol. The van der Waals surface area contributed by atoms with Crippen LogP contribution in [0.1, 0.15) is 30.0 Å². The van der Waals surface area contributed by atoms with Gasteiger partial charge in [0.25, 0.3) is 0 Å². The Labute approximate surface area is 389 Å². The molecule has 3 aromatic heterocycles. The summed E-state index contributed by atoms with van der Waals surface area (Å²) >= 11 is 2.51. The van der Waals surface area contributed by atoms with Crippen molar-refractivity contribution in [3.63, 3.8) is 0 Å². The summed E-state index contributed by atoms with van der Waals surface area (Å²) in [6, 6.07) is 55.5. The van der Waals surface area contributed by atoms with Gasteiger partial charge in [-0.3, -0.25) is 0 Å². The molecule has 0 N–H and O–H groups in total. The maximum atomic E-state index is 8.61. The van der Waals surface area contributed by atoms with E-state index in [9.17, 15) is 0 Å². The number of hydrogen-bond donors (Lipinski definition) is 0. The van der Waals surface area contributed by atoms with Crippen LogP contribution in [0.15, 0.2) is 200 Å². The van der Waals surface area contributed by atoms with E-state index in [-0.39, 0.29) is 29.7 Å². The Hall–Kier alpha value is -7.33. The quantitative estimate of drug-likeness (QED) is 0.152. The van der Waals surface area contributed by atoms with Crippen molar-refractivity contribution in [2.45, 2.75) is 26.2 Å². The second kappa shape index (κ2) is 15.8. The van der Waals surface area contributed by atoms with Gasteiger partial charge in [-0.1, -0.05) is 42.3 Å². The first-order chi connectivity index (χ1) is 33.7. The average Bonchev–Trinajstić information content (AvgIpc) is 4.07. The number of aryl methyl sites for hydroxylation is 2. The summed E-state index contributed by atoms with van der Waals surface area (Å²) < 4.78 is 56.5. The maximum absolute atomic E-state index is 8.61. The van der Waals surface area contributed by atoms with E-state index in [1.54, 1.807) is 6.20 Å². The fourth-order valence-corrected chi connectivity index (χ4v) is 10.8. The van der Waals surface area contributed by atoms with Gasteiger partial charge in [-0.05, 0) is 18.1 Å². The molecule has 0 aliphatic heterocycles. The molecule has 310 valence electrons. The van der Waals surface area contributed by atoms with Gasteiger partial charge in [0.1, 0.15) is 0 Å². The van der Waals surface area contributed by atoms with Crippen LogP contribution in [0, 0.1) is 10.7 Å². The summed E-state index contributed by atoms with van der Waals surface area (Å²) in [6.45, 7) is 1.88. The van der Waals surface area contributed by atoms with Crippen LogP contribution in [0.3, 0.4) is 0 Å². The third-order valence-electron chi connectivity index (χ3n) is 12.5. The molecule has 0 atom stereocenters. The van der Waals surface area contributed by atoms with Crippen molar-refractivity contribution < 1.29 is 30.9 Å². The first-order valence-electron chi connectivity index (χ1n) is 24.0. The van der Waals surface area contributed by atoms with E-state index in [1.807, 2.05) is 49.4 Å². The minimum Gasteiger partial charge on any atom is -0.0616 e. The first kappa shape index (κ1) is 33.3. The van der Waals surface area contributed by atoms with E-state index < -0.39 is 6.04 Å². The molecule has 0 saturated carbocycles. The summed E-state index contributed by atoms with van der Waals surface area (Å²) in [4.78, 5) is 4.88. The normalized spacial score (nSPS) is 13.5. The molecule has 12 rings (SSSR count). The van der Waals surface area contributed by atoms with Gasteiger partial charge in [-0.2, -0.15) is 0 Å². The van der Waals surface area contributed by atoms with E-state index in [0.29, 0.717) is 22.9 Å². The third kappa shape index (κ3) is 6.42. The zero-order chi connectivity index (χ0) is 47.1. The van der Waals surface area contributed by atoms with Crippen LogP contribution >= 0.6 is 0 Å². The molecule has 0 unspecified atom stereocenters. The molecule has 0 spiro atoms. The van der Waals surface area contributed by atoms with E-state index in [2.05, 4.69) is 154 Å². The number of hydrogen-bond acceptors (Lipinski definition) is 2. The number of rotatable bonds is 8. The van der Waals surface area contributed by atoms with Crippen molar-refractivity contribution in [1.82, 2.24) is 18.7 Å². The predicted octanol–water partition coefficient (Wildman–Crippen LogP) is 14.6.